The van der Waals surface area contributed by atoms with Gasteiger partial charge in [-0.2, -0.15) is 0 Å². The number of hydrogen-bond donors (Lipinski definition) is 1. The van der Waals surface area contributed by atoms with E-state index in [1.54, 1.807) is 15.5 Å². The summed E-state index contributed by atoms with van der Waals surface area (Å²) >= 11 is 0. The van der Waals surface area contributed by atoms with Crippen LogP contribution in [0.25, 0.3) is 11.0 Å². The van der Waals surface area contributed by atoms with Crippen LogP contribution >= 0.6 is 0 Å². The molecule has 2 aromatic carbocycles. The Labute approximate surface area is 206 Å². The monoisotopic (exact) mass is 499 g/mol. The van der Waals surface area contributed by atoms with E-state index >= 15 is 0 Å². The van der Waals surface area contributed by atoms with Gasteiger partial charge in [0.15, 0.2) is 0 Å². The lowest BCUT2D eigenvalue weighted by atomic mass is 10.1. The molecule has 36 heavy (non-hydrogen) atoms. The third kappa shape index (κ3) is 5.68. The molecule has 0 bridgehead atoms. The van der Waals surface area contributed by atoms with Crippen molar-refractivity contribution < 1.29 is 27.9 Å². The summed E-state index contributed by atoms with van der Waals surface area (Å²) in [5, 5.41) is 2.72. The second-order valence-corrected chi connectivity index (χ2v) is 8.62. The fourth-order valence-electron chi connectivity index (χ4n) is 4.10. The number of piperazine rings is 1. The van der Waals surface area contributed by atoms with Crippen molar-refractivity contribution in [1.82, 2.24) is 14.5 Å². The van der Waals surface area contributed by atoms with Crippen LogP contribution in [0, 0.1) is 0 Å². The normalized spacial score (nSPS) is 14.5. The highest BCUT2D eigenvalue weighted by Gasteiger charge is 2.24. The number of anilines is 2. The number of esters is 1. The lowest BCUT2D eigenvalue weighted by Crippen LogP contribution is -2.48. The van der Waals surface area contributed by atoms with Crippen LogP contribution in [0.5, 0.6) is 0 Å². The van der Waals surface area contributed by atoms with Crippen molar-refractivity contribution >= 4 is 40.5 Å². The van der Waals surface area contributed by atoms with E-state index in [4.69, 9.17) is 4.74 Å². The average molecular weight is 500 g/mol. The second kappa shape index (κ2) is 10.8. The van der Waals surface area contributed by atoms with Crippen molar-refractivity contribution in [3.63, 3.8) is 0 Å². The van der Waals surface area contributed by atoms with Gasteiger partial charge in [0.25, 0.3) is 12.3 Å². The summed E-state index contributed by atoms with van der Waals surface area (Å²) in [5.74, 6) is -0.763. The van der Waals surface area contributed by atoms with Crippen LogP contribution in [0.1, 0.15) is 35.7 Å². The van der Waals surface area contributed by atoms with Gasteiger partial charge in [0.05, 0.1) is 24.2 Å². The second-order valence-electron chi connectivity index (χ2n) is 8.62. The molecule has 11 heteroatoms. The molecule has 0 spiro atoms. The summed E-state index contributed by atoms with van der Waals surface area (Å²) in [6.45, 7) is 3.51. The number of nitrogens with zero attached hydrogens (tertiary/aromatic N) is 4. The van der Waals surface area contributed by atoms with Gasteiger partial charge >= 0.3 is 5.97 Å². The molecule has 0 unspecified atom stereocenters. The Balaban J connectivity index is 1.64. The SMILES string of the molecule is CC(=O)OCCCn1c(NC(=O)c2cccc(C(F)F)c2)nc2cc(N3CCN(C)CC3=O)ccc21. The smallest absolute Gasteiger partial charge is 0.302 e. The van der Waals surface area contributed by atoms with Crippen LogP contribution in [0.15, 0.2) is 42.5 Å². The zero-order chi connectivity index (χ0) is 25.8. The standard InChI is InChI=1S/C25H27F2N5O4/c1-16(33)36-12-4-9-32-21-8-7-19(31-11-10-30(2)15-22(31)34)14-20(21)28-25(32)29-24(35)18-6-3-5-17(13-18)23(26)27/h3,5-8,13-14,23H,4,9-12,15H2,1-2H3,(H,28,29,35). The molecular weight excluding hydrogens is 472 g/mol. The number of likely N-dealkylation sites (N-methyl/N-ethyl adjacent to an activating group) is 1. The lowest BCUT2D eigenvalue weighted by Gasteiger charge is -2.32. The highest BCUT2D eigenvalue weighted by Crippen LogP contribution is 2.27. The minimum absolute atomic E-state index is 0.0173. The molecule has 1 aromatic heterocycles. The number of carbonyl (C=O) groups is 3. The Morgan fingerprint density at radius 2 is 1.97 bits per heavy atom. The number of rotatable bonds is 8. The molecule has 1 N–H and O–H groups in total. The van der Waals surface area contributed by atoms with Crippen LogP contribution in [-0.4, -0.2) is 65.5 Å². The minimum Gasteiger partial charge on any atom is -0.466 e. The Bertz CT molecular complexity index is 1290. The fourth-order valence-corrected chi connectivity index (χ4v) is 4.10. The lowest BCUT2D eigenvalue weighted by molar-refractivity contribution is -0.141. The molecule has 0 aliphatic carbocycles. The van der Waals surface area contributed by atoms with Gasteiger partial charge in [-0.25, -0.2) is 13.8 Å². The van der Waals surface area contributed by atoms with E-state index in [1.165, 1.54) is 25.1 Å². The van der Waals surface area contributed by atoms with E-state index < -0.39 is 12.3 Å². The molecule has 0 saturated carbocycles. The molecule has 1 saturated heterocycles. The number of alkyl halides is 2. The molecule has 0 radical (unpaired) electrons. The molecule has 1 fully saturated rings. The molecule has 2 amide bonds. The first-order chi connectivity index (χ1) is 17.2. The largest absolute Gasteiger partial charge is 0.466 e. The van der Waals surface area contributed by atoms with Gasteiger partial charge in [0, 0.05) is 43.4 Å². The number of nitrogens with one attached hydrogen (secondary N) is 1. The van der Waals surface area contributed by atoms with E-state index in [-0.39, 0.29) is 35.6 Å². The van der Waals surface area contributed by atoms with Gasteiger partial charge in [0.1, 0.15) is 0 Å². The molecule has 9 nitrogen and oxygen atoms in total. The van der Waals surface area contributed by atoms with E-state index in [1.807, 2.05) is 24.1 Å². The molecule has 3 aromatic rings. The number of fused-ring (bicyclic) bond motifs is 1. The number of benzene rings is 2. The van der Waals surface area contributed by atoms with E-state index in [0.717, 1.165) is 12.6 Å². The summed E-state index contributed by atoms with van der Waals surface area (Å²) in [6, 6.07) is 10.7. The van der Waals surface area contributed by atoms with Gasteiger partial charge in [0.2, 0.25) is 11.9 Å². The van der Waals surface area contributed by atoms with E-state index in [2.05, 4.69) is 10.3 Å². The molecule has 1 aliphatic rings. The first-order valence-corrected chi connectivity index (χ1v) is 11.5. The quantitative estimate of drug-likeness (QED) is 0.377. The van der Waals surface area contributed by atoms with Crippen LogP contribution in [-0.2, 0) is 20.9 Å². The molecule has 4 rings (SSSR count). The molecular formula is C25H27F2N5O4. The highest BCUT2D eigenvalue weighted by molar-refractivity contribution is 6.04. The zero-order valence-electron chi connectivity index (χ0n) is 20.0. The first-order valence-electron chi connectivity index (χ1n) is 11.5. The Morgan fingerprint density at radius 1 is 1.17 bits per heavy atom. The van der Waals surface area contributed by atoms with Crippen molar-refractivity contribution in [2.24, 2.45) is 0 Å². The molecule has 190 valence electrons. The maximum absolute atomic E-state index is 13.1. The third-order valence-electron chi connectivity index (χ3n) is 5.91. The van der Waals surface area contributed by atoms with Crippen molar-refractivity contribution in [2.45, 2.75) is 26.3 Å². The predicted octanol–water partition coefficient (Wildman–Crippen LogP) is 3.46. The van der Waals surface area contributed by atoms with E-state index in [9.17, 15) is 23.2 Å². The number of ether oxygens (including phenoxy) is 1. The van der Waals surface area contributed by atoms with Crippen LogP contribution in [0.3, 0.4) is 0 Å². The molecule has 2 heterocycles. The maximum Gasteiger partial charge on any atom is 0.302 e. The highest BCUT2D eigenvalue weighted by atomic mass is 19.3. The van der Waals surface area contributed by atoms with Crippen molar-refractivity contribution in [3.8, 4) is 0 Å². The number of aryl methyl sites for hydroxylation is 1. The van der Waals surface area contributed by atoms with Gasteiger partial charge < -0.3 is 14.2 Å². The van der Waals surface area contributed by atoms with Crippen LogP contribution in [0.2, 0.25) is 0 Å². The molecule has 0 atom stereocenters. The number of imidazole rings is 1. The van der Waals surface area contributed by atoms with Crippen LogP contribution in [0.4, 0.5) is 20.4 Å². The fraction of sp³-hybridized carbons (Fsp3) is 0.360. The summed E-state index contributed by atoms with van der Waals surface area (Å²) in [7, 11) is 1.89. The van der Waals surface area contributed by atoms with Gasteiger partial charge in [-0.05, 0) is 43.8 Å². The summed E-state index contributed by atoms with van der Waals surface area (Å²) in [5.41, 5.74) is 1.80. The van der Waals surface area contributed by atoms with Gasteiger partial charge in [-0.15, -0.1) is 0 Å². The van der Waals surface area contributed by atoms with Gasteiger partial charge in [-0.3, -0.25) is 24.6 Å². The Kier molecular flexibility index (Phi) is 7.58. The topological polar surface area (TPSA) is 96.8 Å². The van der Waals surface area contributed by atoms with Crippen molar-refractivity contribution in [2.75, 3.05) is 43.5 Å². The Morgan fingerprint density at radius 3 is 2.69 bits per heavy atom. The summed E-state index contributed by atoms with van der Waals surface area (Å²) < 4.78 is 33.0. The van der Waals surface area contributed by atoms with Crippen molar-refractivity contribution in [3.05, 3.63) is 53.6 Å². The van der Waals surface area contributed by atoms with E-state index in [0.29, 0.717) is 42.8 Å². The number of halogens is 2. The first kappa shape index (κ1) is 25.2. The zero-order valence-corrected chi connectivity index (χ0v) is 20.0. The summed E-state index contributed by atoms with van der Waals surface area (Å²) in [6.07, 6.45) is -2.23. The number of hydrogen-bond acceptors (Lipinski definition) is 6. The number of carbonyl (C=O) groups excluding carboxylic acids is 3. The van der Waals surface area contributed by atoms with Crippen LogP contribution < -0.4 is 10.2 Å². The predicted molar refractivity (Wildman–Crippen MR) is 130 cm³/mol. The third-order valence-corrected chi connectivity index (χ3v) is 5.91. The summed E-state index contributed by atoms with van der Waals surface area (Å²) in [4.78, 5) is 44.7. The number of amides is 2. The van der Waals surface area contributed by atoms with Crippen molar-refractivity contribution in [1.29, 1.82) is 0 Å². The van der Waals surface area contributed by atoms with Gasteiger partial charge in [-0.1, -0.05) is 12.1 Å². The average Bonchev–Trinajstić information content (AvgIpc) is 3.17. The molecule has 1 aliphatic heterocycles. The number of aromatic nitrogens is 2. The maximum atomic E-state index is 13.1. The Hall–Kier alpha value is -3.86. The minimum atomic E-state index is -2.70.